The van der Waals surface area contributed by atoms with Gasteiger partial charge in [0.2, 0.25) is 0 Å². The van der Waals surface area contributed by atoms with Crippen molar-refractivity contribution in [3.63, 3.8) is 0 Å². The van der Waals surface area contributed by atoms with E-state index in [0.717, 1.165) is 43.5 Å². The molecule has 1 aromatic heterocycles. The average Bonchev–Trinajstić information content (AvgIpc) is 3.17. The fraction of sp³-hybridized carbons (Fsp3) is 0.577. The minimum Gasteiger partial charge on any atom is -0.377 e. The molecule has 1 N–H and O–H groups in total. The number of hydrogen-bond donors (Lipinski definition) is 1. The predicted octanol–water partition coefficient (Wildman–Crippen LogP) is 4.40. The number of urea groups is 1. The van der Waals surface area contributed by atoms with E-state index in [0.29, 0.717) is 19.8 Å². The van der Waals surface area contributed by atoms with Crippen molar-refractivity contribution in [1.29, 1.82) is 0 Å². The van der Waals surface area contributed by atoms with E-state index in [9.17, 15) is 13.6 Å². The first kappa shape index (κ1) is 21.9. The number of aromatic nitrogens is 2. The molecule has 6 nitrogen and oxygen atoms in total. The molecule has 2 aromatic rings. The van der Waals surface area contributed by atoms with Gasteiger partial charge in [0.25, 0.3) is 0 Å². The van der Waals surface area contributed by atoms with E-state index in [1.54, 1.807) is 0 Å². The molecule has 0 radical (unpaired) electrons. The van der Waals surface area contributed by atoms with Gasteiger partial charge < -0.3 is 15.0 Å². The molecule has 3 fully saturated rings. The Hall–Kier alpha value is -2.61. The van der Waals surface area contributed by atoms with Crippen LogP contribution in [0.25, 0.3) is 11.3 Å². The molecule has 1 saturated carbocycles. The zero-order chi connectivity index (χ0) is 23.7. The van der Waals surface area contributed by atoms with Gasteiger partial charge in [-0.05, 0) is 66.7 Å². The van der Waals surface area contributed by atoms with Gasteiger partial charge in [-0.3, -0.25) is 0 Å². The summed E-state index contributed by atoms with van der Waals surface area (Å²) < 4.78 is 34.1. The molecule has 180 valence electrons. The summed E-state index contributed by atoms with van der Waals surface area (Å²) in [6.07, 6.45) is 3.98. The molecule has 2 aliphatic carbocycles. The molecule has 2 saturated heterocycles. The second-order valence-electron chi connectivity index (χ2n) is 10.9. The second-order valence-corrected chi connectivity index (χ2v) is 10.9. The van der Waals surface area contributed by atoms with Gasteiger partial charge >= 0.3 is 6.03 Å². The molecule has 3 atom stereocenters. The lowest BCUT2D eigenvalue weighted by molar-refractivity contribution is -0.00402. The SMILES string of the molecule is CC1(C)C2CCC1(C1CCCN(C(=O)NC3COC3)C1)c1nnc(-c3c(F)cccc3F)cc12. The normalized spacial score (nSPS) is 29.6. The highest BCUT2D eigenvalue weighted by Gasteiger charge is 2.66. The Morgan fingerprint density at radius 1 is 1.18 bits per heavy atom. The van der Waals surface area contributed by atoms with E-state index in [4.69, 9.17) is 4.74 Å². The van der Waals surface area contributed by atoms with Gasteiger partial charge in [0.05, 0.1) is 36.2 Å². The summed E-state index contributed by atoms with van der Waals surface area (Å²) in [6.45, 7) is 7.17. The third kappa shape index (κ3) is 2.96. The molecule has 3 unspecified atom stereocenters. The molecule has 8 heteroatoms. The lowest BCUT2D eigenvalue weighted by Crippen LogP contribution is -2.57. The number of nitrogens with one attached hydrogen (secondary N) is 1. The molecule has 2 aliphatic heterocycles. The monoisotopic (exact) mass is 468 g/mol. The number of rotatable bonds is 3. The molecule has 0 spiro atoms. The van der Waals surface area contributed by atoms with Gasteiger partial charge in [-0.25, -0.2) is 13.6 Å². The molecule has 2 bridgehead atoms. The first-order valence-electron chi connectivity index (χ1n) is 12.3. The lowest BCUT2D eigenvalue weighted by Gasteiger charge is -2.48. The summed E-state index contributed by atoms with van der Waals surface area (Å²) in [5.41, 5.74) is 1.88. The first-order valence-corrected chi connectivity index (χ1v) is 12.3. The van der Waals surface area contributed by atoms with Crippen molar-refractivity contribution in [2.45, 2.75) is 56.9 Å². The summed E-state index contributed by atoms with van der Waals surface area (Å²) in [5, 5.41) is 12.1. The number of benzene rings is 1. The predicted molar refractivity (Wildman–Crippen MR) is 122 cm³/mol. The zero-order valence-corrected chi connectivity index (χ0v) is 19.6. The summed E-state index contributed by atoms with van der Waals surface area (Å²) in [6, 6.07) is 5.81. The van der Waals surface area contributed by atoms with Crippen LogP contribution in [0.2, 0.25) is 0 Å². The van der Waals surface area contributed by atoms with E-state index in [-0.39, 0.29) is 46.0 Å². The number of amides is 2. The maximum absolute atomic E-state index is 14.5. The van der Waals surface area contributed by atoms with Crippen molar-refractivity contribution in [1.82, 2.24) is 20.4 Å². The third-order valence-electron chi connectivity index (χ3n) is 9.06. The third-order valence-corrected chi connectivity index (χ3v) is 9.06. The van der Waals surface area contributed by atoms with Crippen molar-refractivity contribution in [2.75, 3.05) is 26.3 Å². The molecular weight excluding hydrogens is 438 g/mol. The van der Waals surface area contributed by atoms with Gasteiger partial charge in [-0.15, -0.1) is 0 Å². The van der Waals surface area contributed by atoms with Crippen molar-refractivity contribution in [3.05, 3.63) is 47.2 Å². The molecule has 34 heavy (non-hydrogen) atoms. The second kappa shape index (κ2) is 7.70. The smallest absolute Gasteiger partial charge is 0.317 e. The summed E-state index contributed by atoms with van der Waals surface area (Å²) in [7, 11) is 0. The van der Waals surface area contributed by atoms with Crippen molar-refractivity contribution < 1.29 is 18.3 Å². The van der Waals surface area contributed by atoms with Crippen LogP contribution < -0.4 is 5.32 Å². The molecular formula is C26H30F2N4O2. The number of fused-ring (bicyclic) bond motifs is 5. The fourth-order valence-electron chi connectivity index (χ4n) is 7.29. The van der Waals surface area contributed by atoms with E-state index < -0.39 is 11.6 Å². The number of likely N-dealkylation sites (tertiary alicyclic amines) is 1. The van der Waals surface area contributed by atoms with Gasteiger partial charge in [0.1, 0.15) is 11.6 Å². The van der Waals surface area contributed by atoms with Crippen LogP contribution in [0, 0.1) is 23.0 Å². The van der Waals surface area contributed by atoms with E-state index in [2.05, 4.69) is 29.4 Å². The Morgan fingerprint density at radius 2 is 1.94 bits per heavy atom. The van der Waals surface area contributed by atoms with Crippen LogP contribution in [-0.2, 0) is 10.2 Å². The average molecular weight is 469 g/mol. The number of halogens is 2. The highest BCUT2D eigenvalue weighted by molar-refractivity contribution is 5.75. The van der Waals surface area contributed by atoms with E-state index >= 15 is 0 Å². The standard InChI is InChI=1S/C26H30F2N4O2/c1-25(2)18-8-9-26(25,15-5-4-10-32(12-15)24(33)29-16-13-34-14-16)23-17(18)11-21(30-31-23)22-19(27)6-3-7-20(22)28/h3,6-7,11,15-16,18H,4-5,8-10,12-14H2,1-2H3,(H,29,33). The highest BCUT2D eigenvalue weighted by atomic mass is 19.1. The van der Waals surface area contributed by atoms with Gasteiger partial charge in [0, 0.05) is 18.5 Å². The van der Waals surface area contributed by atoms with Crippen LogP contribution >= 0.6 is 0 Å². The Morgan fingerprint density at radius 3 is 2.65 bits per heavy atom. The number of ether oxygens (including phenoxy) is 1. The topological polar surface area (TPSA) is 67.4 Å². The largest absolute Gasteiger partial charge is 0.377 e. The quantitative estimate of drug-likeness (QED) is 0.725. The molecule has 2 amide bonds. The minimum atomic E-state index is -0.628. The lowest BCUT2D eigenvalue weighted by atomic mass is 9.59. The van der Waals surface area contributed by atoms with Crippen LogP contribution in [0.15, 0.2) is 24.3 Å². The number of nitrogens with zero attached hydrogens (tertiary/aromatic N) is 3. The Bertz CT molecular complexity index is 1130. The van der Waals surface area contributed by atoms with Crippen molar-refractivity contribution >= 4 is 6.03 Å². The molecule has 6 rings (SSSR count). The Labute approximate surface area is 198 Å². The number of hydrogen-bond acceptors (Lipinski definition) is 4. The Kier molecular flexibility index (Phi) is 4.96. The van der Waals surface area contributed by atoms with Crippen LogP contribution in [0.5, 0.6) is 0 Å². The maximum atomic E-state index is 14.5. The van der Waals surface area contributed by atoms with Crippen LogP contribution in [0.3, 0.4) is 0 Å². The van der Waals surface area contributed by atoms with E-state index in [1.165, 1.54) is 18.2 Å². The summed E-state index contributed by atoms with van der Waals surface area (Å²) in [4.78, 5) is 14.8. The minimum absolute atomic E-state index is 0.0172. The highest BCUT2D eigenvalue weighted by Crippen LogP contribution is 2.70. The Balaban J connectivity index is 1.35. The fourth-order valence-corrected chi connectivity index (χ4v) is 7.29. The molecule has 1 aromatic carbocycles. The van der Waals surface area contributed by atoms with Gasteiger partial charge in [-0.1, -0.05) is 19.9 Å². The van der Waals surface area contributed by atoms with E-state index in [1.807, 2.05) is 11.0 Å². The molecule has 4 aliphatic rings. The zero-order valence-electron chi connectivity index (χ0n) is 19.6. The summed E-state index contributed by atoms with van der Waals surface area (Å²) >= 11 is 0. The number of carbonyl (C=O) groups excluding carboxylic acids is 1. The van der Waals surface area contributed by atoms with Crippen LogP contribution in [0.1, 0.15) is 56.7 Å². The number of carbonyl (C=O) groups is 1. The first-order chi connectivity index (χ1) is 16.3. The molecule has 3 heterocycles. The maximum Gasteiger partial charge on any atom is 0.317 e. The van der Waals surface area contributed by atoms with Crippen LogP contribution in [-0.4, -0.2) is 53.5 Å². The summed E-state index contributed by atoms with van der Waals surface area (Å²) in [5.74, 6) is -0.742. The van der Waals surface area contributed by atoms with Gasteiger partial charge in [-0.2, -0.15) is 10.2 Å². The van der Waals surface area contributed by atoms with Crippen LogP contribution in [0.4, 0.5) is 13.6 Å². The van der Waals surface area contributed by atoms with Crippen molar-refractivity contribution in [3.8, 4) is 11.3 Å². The number of piperidine rings is 1. The van der Waals surface area contributed by atoms with Crippen molar-refractivity contribution in [2.24, 2.45) is 11.3 Å². The van der Waals surface area contributed by atoms with Gasteiger partial charge in [0.15, 0.2) is 0 Å².